The summed E-state index contributed by atoms with van der Waals surface area (Å²) in [5.41, 5.74) is 1.31. The largest absolute Gasteiger partial charge is 0.459 e. The van der Waals surface area contributed by atoms with Crippen molar-refractivity contribution < 1.29 is 14.3 Å². The SMILES string of the molecule is C=C(C)COCC(=C)C(=O)OC1CCC(C)CC1. The second-order valence-electron chi connectivity index (χ2n) is 5.34. The number of hydrogen-bond acceptors (Lipinski definition) is 3. The van der Waals surface area contributed by atoms with Gasteiger partial charge in [-0.25, -0.2) is 4.79 Å². The van der Waals surface area contributed by atoms with Gasteiger partial charge in [-0.3, -0.25) is 0 Å². The highest BCUT2D eigenvalue weighted by Gasteiger charge is 2.22. The van der Waals surface area contributed by atoms with E-state index in [1.165, 1.54) is 0 Å². The third-order valence-electron chi connectivity index (χ3n) is 3.15. The Morgan fingerprint density at radius 1 is 1.17 bits per heavy atom. The summed E-state index contributed by atoms with van der Waals surface area (Å²) in [5.74, 6) is 0.429. The molecule has 0 aromatic rings. The highest BCUT2D eigenvalue weighted by molar-refractivity contribution is 5.88. The fraction of sp³-hybridized carbons (Fsp3) is 0.667. The summed E-state index contributed by atoms with van der Waals surface area (Å²) in [7, 11) is 0. The highest BCUT2D eigenvalue weighted by Crippen LogP contribution is 2.25. The van der Waals surface area contributed by atoms with E-state index in [1.807, 2.05) is 6.92 Å². The molecule has 0 amide bonds. The van der Waals surface area contributed by atoms with Crippen molar-refractivity contribution in [3.8, 4) is 0 Å². The normalized spacial score (nSPS) is 23.4. The Balaban J connectivity index is 2.23. The summed E-state index contributed by atoms with van der Waals surface area (Å²) in [5, 5.41) is 0. The predicted molar refractivity (Wildman–Crippen MR) is 72.3 cm³/mol. The molecule has 0 heterocycles. The van der Waals surface area contributed by atoms with E-state index in [4.69, 9.17) is 9.47 Å². The van der Waals surface area contributed by atoms with Crippen LogP contribution in [-0.2, 0) is 14.3 Å². The van der Waals surface area contributed by atoms with Crippen molar-refractivity contribution in [1.82, 2.24) is 0 Å². The maximum absolute atomic E-state index is 11.7. The number of carbonyl (C=O) groups excluding carboxylic acids is 1. The van der Waals surface area contributed by atoms with Crippen molar-refractivity contribution in [1.29, 1.82) is 0 Å². The zero-order valence-electron chi connectivity index (χ0n) is 11.5. The van der Waals surface area contributed by atoms with Gasteiger partial charge in [0, 0.05) is 0 Å². The van der Waals surface area contributed by atoms with Gasteiger partial charge >= 0.3 is 5.97 Å². The van der Waals surface area contributed by atoms with Crippen molar-refractivity contribution in [3.05, 3.63) is 24.3 Å². The van der Waals surface area contributed by atoms with Crippen molar-refractivity contribution in [2.24, 2.45) is 5.92 Å². The van der Waals surface area contributed by atoms with Crippen LogP contribution in [0.2, 0.25) is 0 Å². The van der Waals surface area contributed by atoms with Crippen LogP contribution in [0, 0.1) is 5.92 Å². The second-order valence-corrected chi connectivity index (χ2v) is 5.34. The van der Waals surface area contributed by atoms with Gasteiger partial charge in [-0.15, -0.1) is 0 Å². The lowest BCUT2D eigenvalue weighted by Crippen LogP contribution is -2.25. The van der Waals surface area contributed by atoms with Crippen molar-refractivity contribution >= 4 is 5.97 Å². The Hall–Kier alpha value is -1.09. The zero-order valence-corrected chi connectivity index (χ0v) is 11.5. The Morgan fingerprint density at radius 3 is 2.33 bits per heavy atom. The van der Waals surface area contributed by atoms with Gasteiger partial charge in [0.1, 0.15) is 6.10 Å². The van der Waals surface area contributed by atoms with Gasteiger partial charge in [-0.1, -0.05) is 25.7 Å². The summed E-state index contributed by atoms with van der Waals surface area (Å²) in [6, 6.07) is 0. The molecule has 1 saturated carbocycles. The summed E-state index contributed by atoms with van der Waals surface area (Å²) in [6.45, 7) is 12.2. The molecule has 3 heteroatoms. The molecule has 0 aromatic heterocycles. The van der Waals surface area contributed by atoms with Crippen LogP contribution in [0.3, 0.4) is 0 Å². The van der Waals surface area contributed by atoms with Gasteiger partial charge in [0.2, 0.25) is 0 Å². The van der Waals surface area contributed by atoms with E-state index in [9.17, 15) is 4.79 Å². The number of ether oxygens (including phenoxy) is 2. The first kappa shape index (κ1) is 15.0. The molecular weight excluding hydrogens is 228 g/mol. The van der Waals surface area contributed by atoms with Gasteiger partial charge in [-0.2, -0.15) is 0 Å². The third-order valence-corrected chi connectivity index (χ3v) is 3.15. The van der Waals surface area contributed by atoms with E-state index < -0.39 is 0 Å². The van der Waals surface area contributed by atoms with Crippen LogP contribution in [0.1, 0.15) is 39.5 Å². The molecule has 0 N–H and O–H groups in total. The Morgan fingerprint density at radius 2 is 1.78 bits per heavy atom. The fourth-order valence-electron chi connectivity index (χ4n) is 1.99. The molecule has 0 saturated heterocycles. The Labute approximate surface area is 110 Å². The average molecular weight is 252 g/mol. The Kier molecular flexibility index (Phi) is 6.13. The molecule has 1 rings (SSSR count). The Bertz CT molecular complexity index is 312. The molecule has 1 aliphatic carbocycles. The van der Waals surface area contributed by atoms with Crippen LogP contribution >= 0.6 is 0 Å². The van der Waals surface area contributed by atoms with Gasteiger partial charge < -0.3 is 9.47 Å². The molecule has 102 valence electrons. The average Bonchev–Trinajstić information content (AvgIpc) is 2.31. The van der Waals surface area contributed by atoms with E-state index in [0.717, 1.165) is 37.2 Å². The number of carbonyl (C=O) groups is 1. The second kappa shape index (κ2) is 7.37. The van der Waals surface area contributed by atoms with E-state index in [-0.39, 0.29) is 18.7 Å². The molecule has 0 bridgehead atoms. The monoisotopic (exact) mass is 252 g/mol. The van der Waals surface area contributed by atoms with Crippen molar-refractivity contribution in [3.63, 3.8) is 0 Å². The van der Waals surface area contributed by atoms with Crippen molar-refractivity contribution in [2.75, 3.05) is 13.2 Å². The van der Waals surface area contributed by atoms with Crippen LogP contribution in [0.4, 0.5) is 0 Å². The maximum Gasteiger partial charge on any atom is 0.336 e. The fourth-order valence-corrected chi connectivity index (χ4v) is 1.99. The summed E-state index contributed by atoms with van der Waals surface area (Å²) >= 11 is 0. The molecule has 0 aliphatic heterocycles. The minimum absolute atomic E-state index is 0.0617. The number of esters is 1. The summed E-state index contributed by atoms with van der Waals surface area (Å²) in [6.07, 6.45) is 4.26. The van der Waals surface area contributed by atoms with Crippen LogP contribution in [0.5, 0.6) is 0 Å². The van der Waals surface area contributed by atoms with Gasteiger partial charge in [0.05, 0.1) is 18.8 Å². The number of hydrogen-bond donors (Lipinski definition) is 0. The third kappa shape index (κ3) is 5.50. The van der Waals surface area contributed by atoms with E-state index in [1.54, 1.807) is 0 Å². The van der Waals surface area contributed by atoms with Crippen LogP contribution in [0.25, 0.3) is 0 Å². The minimum atomic E-state index is -0.323. The molecule has 0 spiro atoms. The molecule has 0 atom stereocenters. The van der Waals surface area contributed by atoms with E-state index >= 15 is 0 Å². The molecule has 1 fully saturated rings. The highest BCUT2D eigenvalue weighted by atomic mass is 16.5. The van der Waals surface area contributed by atoms with Gasteiger partial charge in [-0.05, 0) is 38.5 Å². The standard InChI is InChI=1S/C15H24O3/c1-11(2)9-17-10-13(4)15(16)18-14-7-5-12(3)6-8-14/h12,14H,1,4-10H2,2-3H3. The first-order valence-corrected chi connectivity index (χ1v) is 6.60. The molecule has 0 aromatic carbocycles. The van der Waals surface area contributed by atoms with E-state index in [0.29, 0.717) is 12.2 Å². The minimum Gasteiger partial charge on any atom is -0.459 e. The van der Waals surface area contributed by atoms with Crippen LogP contribution < -0.4 is 0 Å². The summed E-state index contributed by atoms with van der Waals surface area (Å²) < 4.78 is 10.7. The molecule has 1 aliphatic rings. The van der Waals surface area contributed by atoms with Crippen LogP contribution in [0.15, 0.2) is 24.3 Å². The van der Waals surface area contributed by atoms with Crippen LogP contribution in [-0.4, -0.2) is 25.3 Å². The van der Waals surface area contributed by atoms with Gasteiger partial charge in [0.25, 0.3) is 0 Å². The molecular formula is C15H24O3. The number of rotatable bonds is 6. The first-order valence-electron chi connectivity index (χ1n) is 6.60. The lowest BCUT2D eigenvalue weighted by Gasteiger charge is -2.26. The topological polar surface area (TPSA) is 35.5 Å². The first-order chi connectivity index (χ1) is 8.49. The van der Waals surface area contributed by atoms with Gasteiger partial charge in [0.15, 0.2) is 0 Å². The van der Waals surface area contributed by atoms with E-state index in [2.05, 4.69) is 20.1 Å². The quantitative estimate of drug-likeness (QED) is 0.413. The smallest absolute Gasteiger partial charge is 0.336 e. The van der Waals surface area contributed by atoms with Crippen molar-refractivity contribution in [2.45, 2.75) is 45.6 Å². The zero-order chi connectivity index (χ0) is 13.5. The molecule has 0 radical (unpaired) electrons. The predicted octanol–water partition coefficient (Wildman–Crippen LogP) is 3.26. The maximum atomic E-state index is 11.7. The molecule has 0 unspecified atom stereocenters. The molecule has 18 heavy (non-hydrogen) atoms. The summed E-state index contributed by atoms with van der Waals surface area (Å²) in [4.78, 5) is 11.7. The lowest BCUT2D eigenvalue weighted by atomic mass is 9.89. The lowest BCUT2D eigenvalue weighted by molar-refractivity contribution is -0.146. The molecule has 3 nitrogen and oxygen atoms in total.